The third-order valence-corrected chi connectivity index (χ3v) is 5.16. The normalized spacial score (nSPS) is 10.7. The van der Waals surface area contributed by atoms with Gasteiger partial charge in [-0.3, -0.25) is 4.79 Å². The molecule has 2 aromatic rings. The van der Waals surface area contributed by atoms with Gasteiger partial charge in [0.05, 0.1) is 18.0 Å². The Morgan fingerprint density at radius 2 is 1.89 bits per heavy atom. The van der Waals surface area contributed by atoms with E-state index in [0.29, 0.717) is 11.1 Å². The molecule has 27 heavy (non-hydrogen) atoms. The standard InChI is InChI=1S/C20H22N2O4S/c1-16-10-11-18(27(24,25)22-13-14-26-2)15-19(16)20(23)21-12-6-9-17-7-4-3-5-8-17/h3-5,7-8,10-11,15,22H,12-14H2,1-2H3,(H,21,23). The Bertz CT molecular complexity index is 945. The van der Waals surface area contributed by atoms with Crippen molar-refractivity contribution < 1.29 is 17.9 Å². The van der Waals surface area contributed by atoms with Crippen LogP contribution < -0.4 is 10.0 Å². The predicted octanol–water partition coefficient (Wildman–Crippen LogP) is 1.70. The lowest BCUT2D eigenvalue weighted by Gasteiger charge is -2.10. The highest BCUT2D eigenvalue weighted by Crippen LogP contribution is 2.15. The average molecular weight is 386 g/mol. The Morgan fingerprint density at radius 1 is 1.15 bits per heavy atom. The van der Waals surface area contributed by atoms with E-state index in [2.05, 4.69) is 21.9 Å². The van der Waals surface area contributed by atoms with E-state index in [9.17, 15) is 13.2 Å². The zero-order valence-electron chi connectivity index (χ0n) is 15.3. The molecule has 0 saturated carbocycles. The highest BCUT2D eigenvalue weighted by atomic mass is 32.2. The van der Waals surface area contributed by atoms with E-state index in [-0.39, 0.29) is 30.5 Å². The first-order valence-corrected chi connectivity index (χ1v) is 9.84. The number of rotatable bonds is 7. The first-order valence-electron chi connectivity index (χ1n) is 8.35. The van der Waals surface area contributed by atoms with Crippen LogP contribution in [-0.4, -0.2) is 41.1 Å². The van der Waals surface area contributed by atoms with Crippen molar-refractivity contribution in [1.29, 1.82) is 0 Å². The molecular formula is C20H22N2O4S. The molecule has 0 radical (unpaired) electrons. The van der Waals surface area contributed by atoms with Crippen molar-refractivity contribution in [3.63, 3.8) is 0 Å². The number of amides is 1. The SMILES string of the molecule is COCCNS(=O)(=O)c1ccc(C)c(C(=O)NCC#Cc2ccccc2)c1. The molecule has 0 fully saturated rings. The second-order valence-electron chi connectivity index (χ2n) is 5.72. The Kier molecular flexibility index (Phi) is 7.55. The van der Waals surface area contributed by atoms with E-state index in [1.807, 2.05) is 30.3 Å². The second kappa shape index (κ2) is 9.88. The molecule has 0 atom stereocenters. The number of hydrogen-bond donors (Lipinski definition) is 2. The zero-order valence-corrected chi connectivity index (χ0v) is 16.1. The van der Waals surface area contributed by atoms with Crippen LogP contribution in [0.5, 0.6) is 0 Å². The molecule has 2 rings (SSSR count). The smallest absolute Gasteiger partial charge is 0.252 e. The highest BCUT2D eigenvalue weighted by molar-refractivity contribution is 7.89. The van der Waals surface area contributed by atoms with Crippen molar-refractivity contribution in [3.8, 4) is 11.8 Å². The Morgan fingerprint density at radius 3 is 2.59 bits per heavy atom. The maximum absolute atomic E-state index is 12.4. The lowest BCUT2D eigenvalue weighted by molar-refractivity contribution is 0.0958. The zero-order chi connectivity index (χ0) is 19.7. The lowest BCUT2D eigenvalue weighted by Crippen LogP contribution is -2.28. The molecule has 7 heteroatoms. The molecule has 0 unspecified atom stereocenters. The van der Waals surface area contributed by atoms with Gasteiger partial charge in [0.25, 0.3) is 5.91 Å². The summed E-state index contributed by atoms with van der Waals surface area (Å²) in [5, 5.41) is 2.69. The van der Waals surface area contributed by atoms with E-state index < -0.39 is 10.0 Å². The highest BCUT2D eigenvalue weighted by Gasteiger charge is 2.17. The number of benzene rings is 2. The molecular weight excluding hydrogens is 364 g/mol. The number of methoxy groups -OCH3 is 1. The number of sulfonamides is 1. The molecule has 2 aromatic carbocycles. The first kappa shape index (κ1) is 20.6. The van der Waals surface area contributed by atoms with Crippen molar-refractivity contribution in [1.82, 2.24) is 10.0 Å². The maximum atomic E-state index is 12.4. The Labute approximate surface area is 160 Å². The van der Waals surface area contributed by atoms with Gasteiger partial charge in [-0.25, -0.2) is 13.1 Å². The topological polar surface area (TPSA) is 84.5 Å². The molecule has 0 bridgehead atoms. The molecule has 0 spiro atoms. The van der Waals surface area contributed by atoms with E-state index in [0.717, 1.165) is 5.56 Å². The number of hydrogen-bond acceptors (Lipinski definition) is 4. The van der Waals surface area contributed by atoms with Crippen molar-refractivity contribution in [3.05, 3.63) is 65.2 Å². The van der Waals surface area contributed by atoms with Crippen LogP contribution in [0.3, 0.4) is 0 Å². The molecule has 0 heterocycles. The van der Waals surface area contributed by atoms with Crippen LogP contribution >= 0.6 is 0 Å². The van der Waals surface area contributed by atoms with Gasteiger partial charge in [0.1, 0.15) is 0 Å². The summed E-state index contributed by atoms with van der Waals surface area (Å²) in [4.78, 5) is 12.4. The van der Waals surface area contributed by atoms with E-state index in [4.69, 9.17) is 4.74 Å². The minimum atomic E-state index is -3.70. The Hall–Kier alpha value is -2.66. The van der Waals surface area contributed by atoms with Gasteiger partial charge in [-0.05, 0) is 36.8 Å². The van der Waals surface area contributed by atoms with Gasteiger partial charge in [0.15, 0.2) is 0 Å². The third-order valence-electron chi connectivity index (χ3n) is 3.71. The molecule has 0 aliphatic carbocycles. The summed E-state index contributed by atoms with van der Waals surface area (Å²) >= 11 is 0. The van der Waals surface area contributed by atoms with Crippen LogP contribution in [0.15, 0.2) is 53.4 Å². The van der Waals surface area contributed by atoms with Crippen LogP contribution in [0, 0.1) is 18.8 Å². The summed E-state index contributed by atoms with van der Waals surface area (Å²) in [6, 6.07) is 13.9. The van der Waals surface area contributed by atoms with Gasteiger partial charge in [-0.15, -0.1) is 0 Å². The van der Waals surface area contributed by atoms with Crippen molar-refractivity contribution >= 4 is 15.9 Å². The van der Waals surface area contributed by atoms with Crippen LogP contribution in [0.4, 0.5) is 0 Å². The minimum Gasteiger partial charge on any atom is -0.383 e. The maximum Gasteiger partial charge on any atom is 0.252 e. The summed E-state index contributed by atoms with van der Waals surface area (Å²) in [5.41, 5.74) is 1.84. The molecule has 2 N–H and O–H groups in total. The van der Waals surface area contributed by atoms with Gasteiger partial charge in [-0.2, -0.15) is 0 Å². The van der Waals surface area contributed by atoms with Gasteiger partial charge < -0.3 is 10.1 Å². The predicted molar refractivity (Wildman–Crippen MR) is 104 cm³/mol. The van der Waals surface area contributed by atoms with Crippen molar-refractivity contribution in [2.24, 2.45) is 0 Å². The third kappa shape index (κ3) is 6.22. The minimum absolute atomic E-state index is 0.0322. The summed E-state index contributed by atoms with van der Waals surface area (Å²) in [6.45, 7) is 2.33. The number of nitrogens with one attached hydrogen (secondary N) is 2. The van der Waals surface area contributed by atoms with Crippen LogP contribution in [0.1, 0.15) is 21.5 Å². The number of carbonyl (C=O) groups excluding carboxylic acids is 1. The van der Waals surface area contributed by atoms with Gasteiger partial charge in [-0.1, -0.05) is 36.1 Å². The van der Waals surface area contributed by atoms with E-state index in [1.54, 1.807) is 13.0 Å². The van der Waals surface area contributed by atoms with E-state index in [1.165, 1.54) is 19.2 Å². The van der Waals surface area contributed by atoms with Crippen molar-refractivity contribution in [2.45, 2.75) is 11.8 Å². The summed E-state index contributed by atoms with van der Waals surface area (Å²) in [5.74, 6) is 5.45. The van der Waals surface area contributed by atoms with Crippen molar-refractivity contribution in [2.75, 3.05) is 26.8 Å². The number of ether oxygens (including phenoxy) is 1. The lowest BCUT2D eigenvalue weighted by atomic mass is 10.1. The van der Waals surface area contributed by atoms with Gasteiger partial charge >= 0.3 is 0 Å². The second-order valence-corrected chi connectivity index (χ2v) is 7.48. The van der Waals surface area contributed by atoms with E-state index >= 15 is 0 Å². The fraction of sp³-hybridized carbons (Fsp3) is 0.250. The number of carbonyl (C=O) groups is 1. The average Bonchev–Trinajstić information content (AvgIpc) is 2.66. The molecule has 1 amide bonds. The van der Waals surface area contributed by atoms with Crippen LogP contribution in [0.2, 0.25) is 0 Å². The molecule has 0 aromatic heterocycles. The summed E-state index contributed by atoms with van der Waals surface area (Å²) in [6.07, 6.45) is 0. The Balaban J connectivity index is 2.06. The molecule has 142 valence electrons. The quantitative estimate of drug-likeness (QED) is 0.560. The fourth-order valence-corrected chi connectivity index (χ4v) is 3.30. The van der Waals surface area contributed by atoms with Crippen LogP contribution in [0.25, 0.3) is 0 Å². The largest absolute Gasteiger partial charge is 0.383 e. The summed E-state index contributed by atoms with van der Waals surface area (Å²) in [7, 11) is -2.22. The number of aryl methyl sites for hydroxylation is 1. The first-order chi connectivity index (χ1) is 12.9. The van der Waals surface area contributed by atoms with Crippen LogP contribution in [-0.2, 0) is 14.8 Å². The molecule has 0 saturated heterocycles. The molecule has 0 aliphatic rings. The monoisotopic (exact) mass is 386 g/mol. The van der Waals surface area contributed by atoms with Gasteiger partial charge in [0.2, 0.25) is 10.0 Å². The van der Waals surface area contributed by atoms with Gasteiger partial charge in [0, 0.05) is 24.8 Å². The molecule has 0 aliphatic heterocycles. The fourth-order valence-electron chi connectivity index (χ4n) is 2.26. The summed E-state index contributed by atoms with van der Waals surface area (Å²) < 4.78 is 31.8. The molecule has 6 nitrogen and oxygen atoms in total.